The lowest BCUT2D eigenvalue weighted by Crippen LogP contribution is -2.10. The minimum Gasteiger partial charge on any atom is -0.502 e. The highest BCUT2D eigenvalue weighted by Crippen LogP contribution is 2.30. The summed E-state index contributed by atoms with van der Waals surface area (Å²) in [6, 6.07) is 6.92. The van der Waals surface area contributed by atoms with E-state index in [-0.39, 0.29) is 17.9 Å². The normalized spacial score (nSPS) is 17.6. The van der Waals surface area contributed by atoms with Gasteiger partial charge in [-0.3, -0.25) is 14.9 Å². The van der Waals surface area contributed by atoms with Gasteiger partial charge in [0.25, 0.3) is 5.70 Å². The van der Waals surface area contributed by atoms with Crippen LogP contribution in [0, 0.1) is 10.1 Å². The van der Waals surface area contributed by atoms with Crippen molar-refractivity contribution in [3.63, 3.8) is 0 Å². The monoisotopic (exact) mass is 259 g/mol. The van der Waals surface area contributed by atoms with Gasteiger partial charge in [0.05, 0.1) is 4.92 Å². The van der Waals surface area contributed by atoms with E-state index >= 15 is 0 Å². The van der Waals surface area contributed by atoms with Crippen molar-refractivity contribution in [3.05, 3.63) is 62.5 Å². The second-order valence-corrected chi connectivity index (χ2v) is 4.32. The molecule has 0 saturated heterocycles. The number of benzene rings is 1. The second-order valence-electron chi connectivity index (χ2n) is 4.32. The van der Waals surface area contributed by atoms with E-state index in [0.29, 0.717) is 29.5 Å². The van der Waals surface area contributed by atoms with E-state index in [1.54, 1.807) is 30.3 Å². The van der Waals surface area contributed by atoms with E-state index in [2.05, 4.69) is 0 Å². The smallest absolute Gasteiger partial charge is 0.287 e. The van der Waals surface area contributed by atoms with Crippen molar-refractivity contribution in [1.82, 2.24) is 0 Å². The van der Waals surface area contributed by atoms with Crippen molar-refractivity contribution in [2.75, 3.05) is 0 Å². The molecule has 0 atom stereocenters. The maximum Gasteiger partial charge on any atom is 0.287 e. The maximum absolute atomic E-state index is 10.9. The quantitative estimate of drug-likeness (QED) is 0.513. The van der Waals surface area contributed by atoms with Gasteiger partial charge in [-0.05, 0) is 24.5 Å². The van der Waals surface area contributed by atoms with Crippen molar-refractivity contribution >= 4 is 12.4 Å². The molecule has 0 heterocycles. The van der Waals surface area contributed by atoms with E-state index in [0.717, 1.165) is 6.29 Å². The highest BCUT2D eigenvalue weighted by atomic mass is 16.6. The summed E-state index contributed by atoms with van der Waals surface area (Å²) in [4.78, 5) is 21.2. The van der Waals surface area contributed by atoms with Crippen LogP contribution >= 0.6 is 0 Å². The third-order valence-electron chi connectivity index (χ3n) is 3.11. The first-order valence-corrected chi connectivity index (χ1v) is 5.95. The molecule has 98 valence electrons. The number of aldehydes is 1. The largest absolute Gasteiger partial charge is 0.502 e. The van der Waals surface area contributed by atoms with Crippen molar-refractivity contribution in [1.29, 1.82) is 0 Å². The molecule has 0 spiro atoms. The summed E-state index contributed by atoms with van der Waals surface area (Å²) in [5.74, 6) is -0.267. The number of rotatable bonds is 3. The van der Waals surface area contributed by atoms with Gasteiger partial charge in [0.1, 0.15) is 0 Å². The van der Waals surface area contributed by atoms with Gasteiger partial charge in [0.2, 0.25) is 0 Å². The highest BCUT2D eigenvalue weighted by molar-refractivity contribution is 5.82. The summed E-state index contributed by atoms with van der Waals surface area (Å²) in [7, 11) is 0. The van der Waals surface area contributed by atoms with Gasteiger partial charge in [-0.1, -0.05) is 24.3 Å². The van der Waals surface area contributed by atoms with Crippen LogP contribution in [-0.4, -0.2) is 16.3 Å². The fourth-order valence-electron chi connectivity index (χ4n) is 2.12. The third kappa shape index (κ3) is 2.70. The number of carbonyl (C=O) groups excluding carboxylic acids is 1. The molecule has 0 saturated carbocycles. The highest BCUT2D eigenvalue weighted by Gasteiger charge is 2.25. The number of aliphatic hydroxyl groups is 1. The Morgan fingerprint density at radius 2 is 1.89 bits per heavy atom. The van der Waals surface area contributed by atoms with E-state index in [9.17, 15) is 20.0 Å². The Hall–Kier alpha value is -2.43. The molecule has 5 heteroatoms. The lowest BCUT2D eigenvalue weighted by molar-refractivity contribution is -0.431. The minimum atomic E-state index is -0.548. The van der Waals surface area contributed by atoms with Gasteiger partial charge < -0.3 is 5.11 Å². The standard InChI is InChI=1S/C14H13NO4/c16-9-12-5-2-1-4-10(12)8-11-6-3-7-13(14(11)17)15(18)19/h1-2,4-5,8-9,17H,3,6-7H2/b11-8+. The summed E-state index contributed by atoms with van der Waals surface area (Å²) >= 11 is 0. The molecule has 1 aliphatic carbocycles. The van der Waals surface area contributed by atoms with Gasteiger partial charge >= 0.3 is 0 Å². The Balaban J connectivity index is 2.46. The van der Waals surface area contributed by atoms with Crippen LogP contribution in [0.2, 0.25) is 0 Å². The summed E-state index contributed by atoms with van der Waals surface area (Å²) in [5, 5.41) is 20.7. The molecule has 1 N–H and O–H groups in total. The summed E-state index contributed by atoms with van der Waals surface area (Å²) in [6.45, 7) is 0. The predicted octanol–water partition coefficient (Wildman–Crippen LogP) is 3.11. The predicted molar refractivity (Wildman–Crippen MR) is 70.3 cm³/mol. The van der Waals surface area contributed by atoms with Crippen molar-refractivity contribution in [2.24, 2.45) is 0 Å². The second kappa shape index (κ2) is 5.48. The topological polar surface area (TPSA) is 80.4 Å². The summed E-state index contributed by atoms with van der Waals surface area (Å²) in [5.41, 5.74) is 1.51. The van der Waals surface area contributed by atoms with Gasteiger partial charge in [-0.25, -0.2) is 0 Å². The average Bonchev–Trinajstić information content (AvgIpc) is 2.41. The van der Waals surface area contributed by atoms with Crippen molar-refractivity contribution in [3.8, 4) is 0 Å². The molecule has 1 aliphatic rings. The Labute approximate surface area is 110 Å². The number of hydrogen-bond acceptors (Lipinski definition) is 4. The summed E-state index contributed by atoms with van der Waals surface area (Å²) in [6.07, 6.45) is 3.82. The fourth-order valence-corrected chi connectivity index (χ4v) is 2.12. The molecule has 0 bridgehead atoms. The number of allylic oxidation sites excluding steroid dienone is 2. The van der Waals surface area contributed by atoms with Crippen molar-refractivity contribution < 1.29 is 14.8 Å². The Morgan fingerprint density at radius 3 is 2.53 bits per heavy atom. The van der Waals surface area contributed by atoms with Crippen LogP contribution in [0.5, 0.6) is 0 Å². The average molecular weight is 259 g/mol. The number of carbonyl (C=O) groups is 1. The number of nitro groups is 1. The zero-order chi connectivity index (χ0) is 13.8. The van der Waals surface area contributed by atoms with Crippen LogP contribution in [0.3, 0.4) is 0 Å². The van der Waals surface area contributed by atoms with Gasteiger partial charge in [0.15, 0.2) is 12.0 Å². The maximum atomic E-state index is 10.9. The Bertz CT molecular complexity index is 587. The first-order valence-electron chi connectivity index (χ1n) is 5.95. The zero-order valence-electron chi connectivity index (χ0n) is 10.2. The lowest BCUT2D eigenvalue weighted by Gasteiger charge is -2.13. The van der Waals surface area contributed by atoms with Gasteiger partial charge in [-0.2, -0.15) is 0 Å². The molecule has 0 aromatic heterocycles. The molecule has 0 unspecified atom stereocenters. The van der Waals surface area contributed by atoms with E-state index in [1.165, 1.54) is 0 Å². The number of nitrogens with zero attached hydrogens (tertiary/aromatic N) is 1. The minimum absolute atomic E-state index is 0.152. The molecule has 0 radical (unpaired) electrons. The van der Waals surface area contributed by atoms with Gasteiger partial charge in [0, 0.05) is 17.6 Å². The molecule has 0 aliphatic heterocycles. The molecular weight excluding hydrogens is 246 g/mol. The fraction of sp³-hybridized carbons (Fsp3) is 0.214. The molecule has 1 aromatic rings. The third-order valence-corrected chi connectivity index (χ3v) is 3.11. The molecule has 2 rings (SSSR count). The van der Waals surface area contributed by atoms with Crippen LogP contribution in [0.25, 0.3) is 6.08 Å². The molecule has 19 heavy (non-hydrogen) atoms. The van der Waals surface area contributed by atoms with E-state index in [4.69, 9.17) is 0 Å². The first kappa shape index (κ1) is 13.0. The molecule has 5 nitrogen and oxygen atoms in total. The Morgan fingerprint density at radius 1 is 1.21 bits per heavy atom. The number of hydrogen-bond donors (Lipinski definition) is 1. The van der Waals surface area contributed by atoms with E-state index < -0.39 is 4.92 Å². The Kier molecular flexibility index (Phi) is 3.75. The molecule has 1 aromatic carbocycles. The SMILES string of the molecule is O=Cc1ccccc1/C=C1\CCCC([N+](=O)[O-])=C1O. The van der Waals surface area contributed by atoms with Crippen LogP contribution < -0.4 is 0 Å². The zero-order valence-corrected chi connectivity index (χ0v) is 10.2. The van der Waals surface area contributed by atoms with Crippen molar-refractivity contribution in [2.45, 2.75) is 19.3 Å². The summed E-state index contributed by atoms with van der Waals surface area (Å²) < 4.78 is 0. The molecule has 0 amide bonds. The molecular formula is C14H13NO4. The molecule has 0 fully saturated rings. The lowest BCUT2D eigenvalue weighted by atomic mass is 9.94. The van der Waals surface area contributed by atoms with Crippen LogP contribution in [0.1, 0.15) is 35.2 Å². The van der Waals surface area contributed by atoms with Crippen LogP contribution in [-0.2, 0) is 0 Å². The van der Waals surface area contributed by atoms with Gasteiger partial charge in [-0.15, -0.1) is 0 Å². The number of aliphatic hydroxyl groups excluding tert-OH is 1. The van der Waals surface area contributed by atoms with Crippen LogP contribution in [0.4, 0.5) is 0 Å². The van der Waals surface area contributed by atoms with Crippen LogP contribution in [0.15, 0.2) is 41.3 Å². The van der Waals surface area contributed by atoms with E-state index in [1.807, 2.05) is 0 Å². The first-order chi connectivity index (χ1) is 9.13.